The van der Waals surface area contributed by atoms with Crippen LogP contribution in [0.4, 0.5) is 10.2 Å². The number of pyridine rings is 1. The summed E-state index contributed by atoms with van der Waals surface area (Å²) in [6.45, 7) is 3.25. The summed E-state index contributed by atoms with van der Waals surface area (Å²) < 4.78 is 14.0. The molecule has 0 radical (unpaired) electrons. The monoisotopic (exact) mass is 251 g/mol. The van der Waals surface area contributed by atoms with Gasteiger partial charge < -0.3 is 10.2 Å². The van der Waals surface area contributed by atoms with Crippen molar-refractivity contribution in [1.82, 2.24) is 9.88 Å². The number of nitrogens with one attached hydrogen (secondary N) is 1. The Bertz CT molecular complexity index is 446. The van der Waals surface area contributed by atoms with Crippen molar-refractivity contribution >= 4 is 11.7 Å². The molecule has 1 fully saturated rings. The molecule has 0 saturated heterocycles. The fraction of sp³-hybridized carbons (Fsp3) is 0.538. The summed E-state index contributed by atoms with van der Waals surface area (Å²) >= 11 is 0. The molecular weight excluding hydrogens is 233 g/mol. The van der Waals surface area contributed by atoms with Gasteiger partial charge in [0.15, 0.2) is 11.6 Å². The molecule has 0 bridgehead atoms. The number of amides is 1. The van der Waals surface area contributed by atoms with Crippen LogP contribution in [0, 0.1) is 11.7 Å². The van der Waals surface area contributed by atoms with Gasteiger partial charge >= 0.3 is 0 Å². The summed E-state index contributed by atoms with van der Waals surface area (Å²) in [5, 5.41) is 2.64. The van der Waals surface area contributed by atoms with Crippen molar-refractivity contribution in [3.63, 3.8) is 0 Å². The molecular formula is C13H18FN3O. The summed E-state index contributed by atoms with van der Waals surface area (Å²) in [6.07, 6.45) is 3.79. The van der Waals surface area contributed by atoms with Gasteiger partial charge in [-0.15, -0.1) is 0 Å². The van der Waals surface area contributed by atoms with Crippen LogP contribution in [0.3, 0.4) is 0 Å². The van der Waals surface area contributed by atoms with Crippen LogP contribution < -0.4 is 5.32 Å². The van der Waals surface area contributed by atoms with Crippen molar-refractivity contribution in [3.05, 3.63) is 23.6 Å². The van der Waals surface area contributed by atoms with Crippen LogP contribution in [0.25, 0.3) is 0 Å². The number of carbonyl (C=O) groups excluding carboxylic acids is 1. The van der Waals surface area contributed by atoms with E-state index in [0.717, 1.165) is 6.54 Å². The lowest BCUT2D eigenvalue weighted by Crippen LogP contribution is -2.33. The van der Waals surface area contributed by atoms with E-state index in [1.165, 1.54) is 25.1 Å². The third-order valence-electron chi connectivity index (χ3n) is 3.20. The molecule has 18 heavy (non-hydrogen) atoms. The Hall–Kier alpha value is -1.65. The van der Waals surface area contributed by atoms with Crippen molar-refractivity contribution in [3.8, 4) is 0 Å². The molecule has 1 saturated carbocycles. The number of anilines is 1. The fourth-order valence-electron chi connectivity index (χ4n) is 1.92. The molecule has 0 spiro atoms. The largest absolute Gasteiger partial charge is 0.371 e. The first-order valence-corrected chi connectivity index (χ1v) is 6.28. The summed E-state index contributed by atoms with van der Waals surface area (Å²) in [7, 11) is 1.58. The van der Waals surface area contributed by atoms with E-state index >= 15 is 0 Å². The van der Waals surface area contributed by atoms with E-state index in [0.29, 0.717) is 12.5 Å². The van der Waals surface area contributed by atoms with Gasteiger partial charge in [0.1, 0.15) is 0 Å². The van der Waals surface area contributed by atoms with Crippen molar-refractivity contribution < 1.29 is 9.18 Å². The highest BCUT2D eigenvalue weighted by atomic mass is 19.1. The maximum Gasteiger partial charge on any atom is 0.257 e. The summed E-state index contributed by atoms with van der Waals surface area (Å²) in [5.41, 5.74) is 0.0943. The van der Waals surface area contributed by atoms with Gasteiger partial charge in [-0.3, -0.25) is 4.79 Å². The molecule has 1 aromatic rings. The molecule has 4 nitrogen and oxygen atoms in total. The zero-order chi connectivity index (χ0) is 13.1. The van der Waals surface area contributed by atoms with Gasteiger partial charge in [-0.2, -0.15) is 0 Å². The maximum atomic E-state index is 14.0. The van der Waals surface area contributed by atoms with E-state index in [1.807, 2.05) is 6.92 Å². The number of hydrogen-bond donors (Lipinski definition) is 1. The standard InChI is InChI=1S/C13H18FN3O/c1-3-17(8-9-4-5-9)13(18)10-6-7-16-12(15-2)11(10)14/h6-7,9H,3-5,8H2,1-2H3,(H,15,16). The van der Waals surface area contributed by atoms with Crippen LogP contribution in [0.5, 0.6) is 0 Å². The van der Waals surface area contributed by atoms with Crippen LogP contribution in [0.15, 0.2) is 12.3 Å². The van der Waals surface area contributed by atoms with Gasteiger partial charge in [0, 0.05) is 26.3 Å². The van der Waals surface area contributed by atoms with Crippen LogP contribution in [-0.2, 0) is 0 Å². The average Bonchev–Trinajstić information content (AvgIpc) is 3.19. The highest BCUT2D eigenvalue weighted by Crippen LogP contribution is 2.30. The van der Waals surface area contributed by atoms with Crippen molar-refractivity contribution in [1.29, 1.82) is 0 Å². The number of carbonyl (C=O) groups is 1. The number of halogens is 1. The third-order valence-corrected chi connectivity index (χ3v) is 3.20. The van der Waals surface area contributed by atoms with Gasteiger partial charge in [0.2, 0.25) is 0 Å². The second-order valence-corrected chi connectivity index (χ2v) is 4.56. The Morgan fingerprint density at radius 3 is 2.89 bits per heavy atom. The molecule has 0 aromatic carbocycles. The molecule has 1 aliphatic carbocycles. The first-order valence-electron chi connectivity index (χ1n) is 6.28. The molecule has 1 amide bonds. The van der Waals surface area contributed by atoms with Gasteiger partial charge in [-0.05, 0) is 31.7 Å². The minimum absolute atomic E-state index is 0.0943. The van der Waals surface area contributed by atoms with Gasteiger partial charge in [0.05, 0.1) is 5.56 Å². The third kappa shape index (κ3) is 2.60. The summed E-state index contributed by atoms with van der Waals surface area (Å²) in [6, 6.07) is 1.44. The highest BCUT2D eigenvalue weighted by molar-refractivity contribution is 5.95. The number of hydrogen-bond acceptors (Lipinski definition) is 3. The van der Waals surface area contributed by atoms with E-state index in [9.17, 15) is 9.18 Å². The zero-order valence-corrected chi connectivity index (χ0v) is 10.7. The molecule has 1 aliphatic rings. The Morgan fingerprint density at radius 2 is 2.33 bits per heavy atom. The first kappa shape index (κ1) is 12.8. The van der Waals surface area contributed by atoms with Gasteiger partial charge in [0.25, 0.3) is 5.91 Å². The van der Waals surface area contributed by atoms with E-state index in [4.69, 9.17) is 0 Å². The van der Waals surface area contributed by atoms with Crippen molar-refractivity contribution in [2.45, 2.75) is 19.8 Å². The Balaban J connectivity index is 2.20. The van der Waals surface area contributed by atoms with E-state index in [1.54, 1.807) is 11.9 Å². The second-order valence-electron chi connectivity index (χ2n) is 4.56. The lowest BCUT2D eigenvalue weighted by atomic mass is 10.2. The predicted molar refractivity (Wildman–Crippen MR) is 68.0 cm³/mol. The van der Waals surface area contributed by atoms with Crippen LogP contribution >= 0.6 is 0 Å². The lowest BCUT2D eigenvalue weighted by molar-refractivity contribution is 0.0752. The van der Waals surface area contributed by atoms with Gasteiger partial charge in [-0.25, -0.2) is 9.37 Å². The number of aromatic nitrogens is 1. The zero-order valence-electron chi connectivity index (χ0n) is 10.7. The van der Waals surface area contributed by atoms with E-state index < -0.39 is 5.82 Å². The summed E-state index contributed by atoms with van der Waals surface area (Å²) in [4.78, 5) is 17.8. The first-order chi connectivity index (χ1) is 8.67. The number of rotatable bonds is 5. The maximum absolute atomic E-state index is 14.0. The molecule has 98 valence electrons. The highest BCUT2D eigenvalue weighted by Gasteiger charge is 2.28. The van der Waals surface area contributed by atoms with E-state index in [2.05, 4.69) is 10.3 Å². The Morgan fingerprint density at radius 1 is 1.61 bits per heavy atom. The molecule has 5 heteroatoms. The Kier molecular flexibility index (Phi) is 3.79. The quantitative estimate of drug-likeness (QED) is 0.872. The molecule has 1 N–H and O–H groups in total. The van der Waals surface area contributed by atoms with Crippen LogP contribution in [0.2, 0.25) is 0 Å². The normalized spacial score (nSPS) is 14.4. The molecule has 0 aliphatic heterocycles. The summed E-state index contributed by atoms with van der Waals surface area (Å²) in [5.74, 6) is -0.106. The minimum Gasteiger partial charge on any atom is -0.371 e. The van der Waals surface area contributed by atoms with Crippen molar-refractivity contribution in [2.24, 2.45) is 5.92 Å². The SMILES string of the molecule is CCN(CC1CC1)C(=O)c1ccnc(NC)c1F. The average molecular weight is 251 g/mol. The molecule has 1 heterocycles. The predicted octanol–water partition coefficient (Wildman–Crippen LogP) is 2.13. The smallest absolute Gasteiger partial charge is 0.257 e. The molecule has 2 rings (SSSR count). The lowest BCUT2D eigenvalue weighted by Gasteiger charge is -2.21. The molecule has 0 atom stereocenters. The molecule has 0 unspecified atom stereocenters. The topological polar surface area (TPSA) is 45.2 Å². The van der Waals surface area contributed by atoms with Gasteiger partial charge in [-0.1, -0.05) is 0 Å². The number of nitrogens with zero attached hydrogens (tertiary/aromatic N) is 2. The Labute approximate surface area is 106 Å². The fourth-order valence-corrected chi connectivity index (χ4v) is 1.92. The van der Waals surface area contributed by atoms with Crippen LogP contribution in [0.1, 0.15) is 30.1 Å². The van der Waals surface area contributed by atoms with E-state index in [-0.39, 0.29) is 17.3 Å². The van der Waals surface area contributed by atoms with Crippen molar-refractivity contribution in [2.75, 3.05) is 25.5 Å². The molecule has 1 aromatic heterocycles. The second kappa shape index (κ2) is 5.33. The van der Waals surface area contributed by atoms with Crippen LogP contribution in [-0.4, -0.2) is 35.9 Å². The minimum atomic E-state index is -0.570.